The van der Waals surface area contributed by atoms with Crippen molar-refractivity contribution in [2.75, 3.05) is 14.1 Å². The largest absolute Gasteiger partial charge is 0.380 e. The van der Waals surface area contributed by atoms with Crippen LogP contribution in [0.4, 0.5) is 0 Å². The van der Waals surface area contributed by atoms with Crippen LogP contribution in [0.3, 0.4) is 0 Å². The number of rotatable bonds is 1. The van der Waals surface area contributed by atoms with E-state index in [2.05, 4.69) is 61.5 Å². The summed E-state index contributed by atoms with van der Waals surface area (Å²) in [6.07, 6.45) is 15.4. The molecule has 1 nitrogen and oxygen atoms in total. The highest BCUT2D eigenvalue weighted by molar-refractivity contribution is 5.32. The molecule has 2 aliphatic carbocycles. The molecule has 1 heteroatoms. The Morgan fingerprint density at radius 1 is 1.00 bits per heavy atom. The van der Waals surface area contributed by atoms with Crippen LogP contribution in [0.2, 0.25) is 0 Å². The molecule has 2 rings (SSSR count). The van der Waals surface area contributed by atoms with Crippen molar-refractivity contribution in [2.24, 2.45) is 11.8 Å². The summed E-state index contributed by atoms with van der Waals surface area (Å²) in [4.78, 5) is 2.20. The van der Waals surface area contributed by atoms with Crippen molar-refractivity contribution < 1.29 is 0 Å². The first-order valence-corrected chi connectivity index (χ1v) is 4.70. The van der Waals surface area contributed by atoms with Crippen LogP contribution in [0.25, 0.3) is 0 Å². The monoisotopic (exact) mass is 173 g/mol. The number of nitrogens with zero attached hydrogens (tertiary/aromatic N) is 1. The fourth-order valence-electron chi connectivity index (χ4n) is 1.94. The summed E-state index contributed by atoms with van der Waals surface area (Å²) in [5.74, 6) is 1.11. The lowest BCUT2D eigenvalue weighted by Crippen LogP contribution is -2.25. The minimum Gasteiger partial charge on any atom is -0.380 e. The number of allylic oxidation sites excluding steroid dienone is 7. The van der Waals surface area contributed by atoms with Crippen molar-refractivity contribution in [3.63, 3.8) is 0 Å². The summed E-state index contributed by atoms with van der Waals surface area (Å²) < 4.78 is 0. The second-order valence-electron chi connectivity index (χ2n) is 3.74. The van der Waals surface area contributed by atoms with Crippen molar-refractivity contribution in [2.45, 2.75) is 0 Å². The van der Waals surface area contributed by atoms with Gasteiger partial charge in [-0.3, -0.25) is 0 Å². The van der Waals surface area contributed by atoms with Crippen molar-refractivity contribution in [1.29, 1.82) is 0 Å². The third-order valence-electron chi connectivity index (χ3n) is 2.64. The summed E-state index contributed by atoms with van der Waals surface area (Å²) in [5, 5.41) is 0. The van der Waals surface area contributed by atoms with Gasteiger partial charge in [-0.1, -0.05) is 36.5 Å². The number of fused-ring (bicyclic) bond motifs is 1. The third kappa shape index (κ3) is 1.46. The second-order valence-corrected chi connectivity index (χ2v) is 3.74. The Labute approximate surface area is 79.7 Å². The Bertz CT molecular complexity index is 305. The van der Waals surface area contributed by atoms with Gasteiger partial charge in [-0.05, 0) is 6.08 Å². The summed E-state index contributed by atoms with van der Waals surface area (Å²) in [5.41, 5.74) is 1.40. The van der Waals surface area contributed by atoms with Crippen LogP contribution in [0.5, 0.6) is 0 Å². The fourth-order valence-corrected chi connectivity index (χ4v) is 1.94. The lowest BCUT2D eigenvalue weighted by atomic mass is 9.82. The maximum absolute atomic E-state index is 2.28. The SMILES string of the molecule is CN(C)C1=CC=CC2C=CC=CC12. The maximum atomic E-state index is 2.28. The van der Waals surface area contributed by atoms with Gasteiger partial charge in [-0.25, -0.2) is 0 Å². The van der Waals surface area contributed by atoms with Crippen LogP contribution < -0.4 is 0 Å². The van der Waals surface area contributed by atoms with Crippen LogP contribution in [0, 0.1) is 11.8 Å². The molecule has 0 aromatic heterocycles. The molecular weight excluding hydrogens is 158 g/mol. The zero-order valence-electron chi connectivity index (χ0n) is 8.14. The summed E-state index contributed by atoms with van der Waals surface area (Å²) in [6.45, 7) is 0. The first kappa shape index (κ1) is 8.36. The topological polar surface area (TPSA) is 3.24 Å². The first-order chi connectivity index (χ1) is 6.29. The Morgan fingerprint density at radius 3 is 2.46 bits per heavy atom. The molecule has 68 valence electrons. The van der Waals surface area contributed by atoms with Gasteiger partial charge >= 0.3 is 0 Å². The molecule has 0 bridgehead atoms. The Hall–Kier alpha value is -1.24. The quantitative estimate of drug-likeness (QED) is 0.588. The highest BCUT2D eigenvalue weighted by atomic mass is 15.1. The first-order valence-electron chi connectivity index (χ1n) is 4.70. The lowest BCUT2D eigenvalue weighted by Gasteiger charge is -2.31. The van der Waals surface area contributed by atoms with Gasteiger partial charge < -0.3 is 4.90 Å². The Balaban J connectivity index is 2.29. The summed E-state index contributed by atoms with van der Waals surface area (Å²) >= 11 is 0. The molecule has 0 saturated carbocycles. The standard InChI is InChI=1S/C12H15N/c1-13(2)12-9-5-7-10-6-3-4-8-11(10)12/h3-11H,1-2H3. The zero-order chi connectivity index (χ0) is 9.26. The van der Waals surface area contributed by atoms with E-state index in [4.69, 9.17) is 0 Å². The fraction of sp³-hybridized carbons (Fsp3) is 0.333. The van der Waals surface area contributed by atoms with Crippen molar-refractivity contribution in [3.05, 3.63) is 48.2 Å². The van der Waals surface area contributed by atoms with Gasteiger partial charge in [0.25, 0.3) is 0 Å². The third-order valence-corrected chi connectivity index (χ3v) is 2.64. The van der Waals surface area contributed by atoms with Crippen LogP contribution in [0.1, 0.15) is 0 Å². The van der Waals surface area contributed by atoms with Crippen LogP contribution in [0.15, 0.2) is 48.2 Å². The van der Waals surface area contributed by atoms with Gasteiger partial charge in [0.1, 0.15) is 0 Å². The molecule has 0 aliphatic heterocycles. The molecule has 2 unspecified atom stereocenters. The average Bonchev–Trinajstić information content (AvgIpc) is 2.17. The Morgan fingerprint density at radius 2 is 1.69 bits per heavy atom. The predicted molar refractivity (Wildman–Crippen MR) is 56.2 cm³/mol. The number of hydrogen-bond acceptors (Lipinski definition) is 1. The van der Waals surface area contributed by atoms with E-state index in [0.29, 0.717) is 11.8 Å². The van der Waals surface area contributed by atoms with Gasteiger partial charge in [0.05, 0.1) is 0 Å². The van der Waals surface area contributed by atoms with E-state index in [-0.39, 0.29) is 0 Å². The highest BCUT2D eigenvalue weighted by Crippen LogP contribution is 2.31. The molecule has 0 amide bonds. The van der Waals surface area contributed by atoms with E-state index in [1.807, 2.05) is 0 Å². The molecule has 0 aromatic rings. The molecule has 0 heterocycles. The van der Waals surface area contributed by atoms with E-state index < -0.39 is 0 Å². The molecule has 0 fully saturated rings. The molecule has 13 heavy (non-hydrogen) atoms. The smallest absolute Gasteiger partial charge is 0.0269 e. The van der Waals surface area contributed by atoms with Crippen LogP contribution >= 0.6 is 0 Å². The van der Waals surface area contributed by atoms with Crippen molar-refractivity contribution in [1.82, 2.24) is 4.90 Å². The minimum atomic E-state index is 0.546. The van der Waals surface area contributed by atoms with E-state index >= 15 is 0 Å². The second kappa shape index (κ2) is 3.25. The highest BCUT2D eigenvalue weighted by Gasteiger charge is 2.23. The van der Waals surface area contributed by atoms with Gasteiger partial charge in [0.15, 0.2) is 0 Å². The molecule has 2 atom stereocenters. The van der Waals surface area contributed by atoms with E-state index in [1.165, 1.54) is 5.70 Å². The van der Waals surface area contributed by atoms with Crippen LogP contribution in [-0.4, -0.2) is 19.0 Å². The van der Waals surface area contributed by atoms with Gasteiger partial charge in [-0.15, -0.1) is 0 Å². The lowest BCUT2D eigenvalue weighted by molar-refractivity contribution is 0.420. The minimum absolute atomic E-state index is 0.546. The molecule has 0 radical (unpaired) electrons. The average molecular weight is 173 g/mol. The van der Waals surface area contributed by atoms with E-state index in [9.17, 15) is 0 Å². The van der Waals surface area contributed by atoms with Crippen molar-refractivity contribution >= 4 is 0 Å². The normalized spacial score (nSPS) is 29.8. The van der Waals surface area contributed by atoms with Crippen molar-refractivity contribution in [3.8, 4) is 0 Å². The summed E-state index contributed by atoms with van der Waals surface area (Å²) in [6, 6.07) is 0. The van der Waals surface area contributed by atoms with Gasteiger partial charge in [0, 0.05) is 31.6 Å². The van der Waals surface area contributed by atoms with Gasteiger partial charge in [-0.2, -0.15) is 0 Å². The Kier molecular flexibility index (Phi) is 2.09. The van der Waals surface area contributed by atoms with Crippen LogP contribution in [-0.2, 0) is 0 Å². The van der Waals surface area contributed by atoms with Gasteiger partial charge in [0.2, 0.25) is 0 Å². The predicted octanol–water partition coefficient (Wildman–Crippen LogP) is 2.36. The molecule has 0 N–H and O–H groups in total. The summed E-state index contributed by atoms with van der Waals surface area (Å²) in [7, 11) is 4.21. The molecule has 0 aromatic carbocycles. The zero-order valence-corrected chi connectivity index (χ0v) is 8.14. The maximum Gasteiger partial charge on any atom is 0.0269 e. The van der Waals surface area contributed by atoms with E-state index in [0.717, 1.165) is 0 Å². The molecule has 0 saturated heterocycles. The molecule has 2 aliphatic rings. The molecular formula is C12H15N. The number of hydrogen-bond donors (Lipinski definition) is 0. The van der Waals surface area contributed by atoms with E-state index in [1.54, 1.807) is 0 Å². The molecule has 0 spiro atoms.